The Balaban J connectivity index is 1.17. The van der Waals surface area contributed by atoms with Crippen molar-refractivity contribution in [3.63, 3.8) is 0 Å². The molecule has 30 heteroatoms. The number of phenols is 1. The van der Waals surface area contributed by atoms with E-state index in [0.717, 1.165) is 0 Å². The van der Waals surface area contributed by atoms with Crippen LogP contribution in [0.1, 0.15) is 108 Å². The molecular weight excluding hydrogens is 1370 g/mol. The fourth-order valence-corrected chi connectivity index (χ4v) is 11.9. The van der Waals surface area contributed by atoms with Crippen LogP contribution in [-0.2, 0) is 49.5 Å². The number of hydrogen-bond donors (Lipinski definition) is 15. The summed E-state index contributed by atoms with van der Waals surface area (Å²) in [4.78, 5) is 170. The molecule has 5 heterocycles. The molecule has 0 saturated carbocycles. The van der Waals surface area contributed by atoms with Crippen LogP contribution in [0.3, 0.4) is 0 Å². The van der Waals surface area contributed by atoms with Crippen molar-refractivity contribution >= 4 is 118 Å². The maximum Gasteiger partial charge on any atom is 0.328 e. The van der Waals surface area contributed by atoms with Crippen LogP contribution in [0, 0.1) is 0 Å². The molecule has 3 aromatic heterocycles. The van der Waals surface area contributed by atoms with Gasteiger partial charge in [-0.25, -0.2) is 29.1 Å². The first kappa shape index (κ1) is 74.8. The number of carbonyl (C=O) groups is 12. The lowest BCUT2D eigenvalue weighted by atomic mass is 10.0. The Labute approximate surface area is 600 Å². The average molecular weight is 1440 g/mol. The van der Waals surface area contributed by atoms with E-state index in [9.17, 15) is 93.3 Å². The third-order valence-corrected chi connectivity index (χ3v) is 17.2. The lowest BCUT2D eigenvalue weighted by Crippen LogP contribution is -2.52. The number of aromatic nitrogens is 4. The minimum Gasteiger partial charge on any atom is -0.508 e. The molecular formula is C76H68N10O20. The molecule has 0 unspecified atom stereocenters. The summed E-state index contributed by atoms with van der Waals surface area (Å²) in [5.74, 6) is -13.9. The van der Waals surface area contributed by atoms with Gasteiger partial charge in [0.05, 0.1) is 49.1 Å². The lowest BCUT2D eigenvalue weighted by molar-refractivity contribution is -0.145. The molecule has 0 saturated heterocycles. The van der Waals surface area contributed by atoms with Crippen LogP contribution in [-0.4, -0.2) is 171 Å². The van der Waals surface area contributed by atoms with Crippen molar-refractivity contribution < 1.29 is 98.0 Å². The van der Waals surface area contributed by atoms with Crippen LogP contribution in [0.5, 0.6) is 5.75 Å². The van der Waals surface area contributed by atoms with Crippen LogP contribution in [0.15, 0.2) is 146 Å². The van der Waals surface area contributed by atoms with Gasteiger partial charge in [-0.3, -0.25) is 38.4 Å². The first-order chi connectivity index (χ1) is 50.7. The maximum absolute atomic E-state index is 14.5. The van der Waals surface area contributed by atoms with E-state index in [1.807, 2.05) is 0 Å². The van der Waals surface area contributed by atoms with Gasteiger partial charge in [-0.15, -0.1) is 0 Å². The number of ether oxygens (including phenoxy) is 1. The molecule has 0 radical (unpaired) electrons. The Hall–Kier alpha value is -13.9. The van der Waals surface area contributed by atoms with E-state index < -0.39 is 121 Å². The number of carboxylic acid groups (broad SMARTS) is 6. The first-order valence-electron chi connectivity index (χ1n) is 32.8. The average Bonchev–Trinajstić information content (AvgIpc) is 1.60. The number of aromatic hydroxyl groups is 1. The molecule has 5 atom stereocenters. The predicted octanol–water partition coefficient (Wildman–Crippen LogP) is 7.13. The van der Waals surface area contributed by atoms with Gasteiger partial charge < -0.3 is 82.8 Å². The van der Waals surface area contributed by atoms with Crippen LogP contribution in [0.4, 0.5) is 0 Å². The van der Waals surface area contributed by atoms with Crippen molar-refractivity contribution in [2.45, 2.75) is 75.2 Å². The minimum atomic E-state index is -1.77. The van der Waals surface area contributed by atoms with Crippen LogP contribution in [0.25, 0.3) is 90.9 Å². The van der Waals surface area contributed by atoms with Gasteiger partial charge in [0, 0.05) is 73.0 Å². The van der Waals surface area contributed by atoms with Gasteiger partial charge in [0.1, 0.15) is 36.0 Å². The van der Waals surface area contributed by atoms with E-state index in [4.69, 9.17) is 20.4 Å². The number of nitrogens with zero attached hydrogens (tertiary/aromatic N) is 2. The highest BCUT2D eigenvalue weighted by molar-refractivity contribution is 6.05. The summed E-state index contributed by atoms with van der Waals surface area (Å²) in [6, 6.07) is 29.6. The number of esters is 1. The van der Waals surface area contributed by atoms with Gasteiger partial charge in [0.2, 0.25) is 5.91 Å². The molecule has 2 aliphatic rings. The van der Waals surface area contributed by atoms with E-state index in [2.05, 4.69) is 36.6 Å². The van der Waals surface area contributed by atoms with Crippen molar-refractivity contribution in [2.24, 2.45) is 5.73 Å². The number of H-pyrrole nitrogens is 2. The largest absolute Gasteiger partial charge is 0.508 e. The van der Waals surface area contributed by atoms with E-state index in [1.165, 1.54) is 67.8 Å². The quantitative estimate of drug-likeness (QED) is 0.0157. The van der Waals surface area contributed by atoms with Crippen molar-refractivity contribution in [3.8, 4) is 50.3 Å². The normalized spacial score (nSPS) is 12.8. The maximum atomic E-state index is 14.5. The number of carboxylic acids is 6. The third-order valence-electron chi connectivity index (χ3n) is 17.2. The highest BCUT2D eigenvalue weighted by Crippen LogP contribution is 2.39. The molecule has 5 amide bonds. The SMILES string of the molecule is COC(=O)[C@H](CCCCN)NC(=O)[C@H](Cc1ccc(O)cc1)NC(=O)c1ccc(-c2c3nc(c(-c4ccc(C(=O)N[C@@H](CC(=O)O)C(=O)O)cc4)c4ccc([nH]4)c(-c4ccc(C(=O)N[C@@H](CC(=O)O)C(=O)O)cc4)c4nc(c(-c5ccc(C(=O)N[C@@H](CC(=O)O)C(=O)O)cc5)c5ccc2[nH]5)C=C4)C=C3)cc1. The summed E-state index contributed by atoms with van der Waals surface area (Å²) < 4.78 is 4.99. The van der Waals surface area contributed by atoms with Gasteiger partial charge in [0.25, 0.3) is 23.6 Å². The lowest BCUT2D eigenvalue weighted by Gasteiger charge is -2.22. The molecule has 542 valence electrons. The standard InChI is InChI=1S/C76H68N10O20/c1-106-76(105)56(4-2-3-33-77)82-72(98)57(34-38-5-23-47(87)24-6-38)83-68(94)43-15-7-39(8-16-43)64-48-25-27-50(78-48)65(40-9-17-44(18-10-40)69(95)84-58(73(99)100)35-61(88)89)52-29-31-54(80-52)67(42-13-21-46(22-14-42)71(97)86-60(75(103)104)37-63(92)93)55-32-30-53(81-55)66(51-28-26-49(64)79-51)41-11-19-45(20-12-41)70(96)85-59(74(101)102)36-62(90)91/h5-32,56-60,78,81,87H,2-4,33-37,77H2,1H3,(H,82,98)(H,83,94)(H,84,95)(H,85,96)(H,86,97)(H,88,89)(H,90,91)(H,92,93)(H,99,100)(H,101,102)(H,103,104)/t56-,57-,58-,59-,60-/m0/s1. The molecule has 0 aliphatic carbocycles. The minimum absolute atomic E-state index is 0.0316. The number of rotatable bonds is 30. The van der Waals surface area contributed by atoms with Crippen molar-refractivity contribution in [1.29, 1.82) is 0 Å². The van der Waals surface area contributed by atoms with Gasteiger partial charge >= 0.3 is 41.8 Å². The van der Waals surface area contributed by atoms with E-state index >= 15 is 0 Å². The summed E-state index contributed by atoms with van der Waals surface area (Å²) in [6.45, 7) is 0.343. The molecule has 8 bridgehead atoms. The van der Waals surface area contributed by atoms with Gasteiger partial charge in [0.15, 0.2) is 0 Å². The molecule has 8 aromatic rings. The fourth-order valence-electron chi connectivity index (χ4n) is 11.9. The van der Waals surface area contributed by atoms with E-state index in [0.29, 0.717) is 114 Å². The number of unbranched alkanes of at least 4 members (excludes halogenated alkanes) is 1. The Morgan fingerprint density at radius 3 is 0.972 bits per heavy atom. The molecule has 0 fully saturated rings. The third kappa shape index (κ3) is 18.0. The zero-order valence-electron chi connectivity index (χ0n) is 56.1. The molecule has 30 nitrogen and oxygen atoms in total. The van der Waals surface area contributed by atoms with Crippen LogP contribution in [0.2, 0.25) is 0 Å². The van der Waals surface area contributed by atoms with Crippen LogP contribution >= 0.6 is 0 Å². The molecule has 106 heavy (non-hydrogen) atoms. The van der Waals surface area contributed by atoms with Crippen molar-refractivity contribution in [2.75, 3.05) is 13.7 Å². The zero-order chi connectivity index (χ0) is 76.0. The smallest absolute Gasteiger partial charge is 0.328 e. The Morgan fingerprint density at radius 2 is 0.698 bits per heavy atom. The number of nitrogens with two attached hydrogens (primary N) is 1. The Morgan fingerprint density at radius 1 is 0.396 bits per heavy atom. The fraction of sp³-hybridized carbons (Fsp3) is 0.184. The summed E-state index contributed by atoms with van der Waals surface area (Å²) in [6.07, 6.45) is 5.33. The number of carbonyl (C=O) groups excluding carboxylic acids is 6. The number of phenolic OH excluding ortho intramolecular Hbond substituents is 1. The second-order valence-corrected chi connectivity index (χ2v) is 24.5. The number of amides is 5. The molecule has 0 spiro atoms. The summed E-state index contributed by atoms with van der Waals surface area (Å²) >= 11 is 0. The van der Waals surface area contributed by atoms with Crippen molar-refractivity contribution in [3.05, 3.63) is 196 Å². The monoisotopic (exact) mass is 1440 g/mol. The Kier molecular flexibility index (Phi) is 23.5. The number of nitrogens with one attached hydrogen (secondary N) is 7. The predicted molar refractivity (Wildman–Crippen MR) is 384 cm³/mol. The second-order valence-electron chi connectivity index (χ2n) is 24.5. The van der Waals surface area contributed by atoms with Gasteiger partial charge in [-0.1, -0.05) is 60.7 Å². The van der Waals surface area contributed by atoms with Crippen LogP contribution < -0.4 is 32.3 Å². The molecule has 10 rings (SSSR count). The number of aromatic amines is 2. The molecule has 2 aliphatic heterocycles. The van der Waals surface area contributed by atoms with E-state index in [-0.39, 0.29) is 40.8 Å². The topological polar surface area (TPSA) is 499 Å². The van der Waals surface area contributed by atoms with Gasteiger partial charge in [-0.2, -0.15) is 0 Å². The summed E-state index contributed by atoms with van der Waals surface area (Å²) in [5.41, 5.74) is 12.7. The summed E-state index contributed by atoms with van der Waals surface area (Å²) in [7, 11) is 1.19. The number of benzene rings is 5. The second kappa shape index (κ2) is 33.3. The zero-order valence-corrected chi connectivity index (χ0v) is 56.1. The number of methoxy groups -OCH3 is 1. The highest BCUT2D eigenvalue weighted by atomic mass is 16.5. The van der Waals surface area contributed by atoms with E-state index in [1.54, 1.807) is 109 Å². The van der Waals surface area contributed by atoms with Crippen molar-refractivity contribution in [1.82, 2.24) is 46.5 Å². The summed E-state index contributed by atoms with van der Waals surface area (Å²) in [5, 5.41) is 79.7. The number of fused-ring (bicyclic) bond motifs is 8. The first-order valence-corrected chi connectivity index (χ1v) is 32.8. The molecule has 5 aromatic carbocycles. The number of aliphatic carboxylic acids is 6. The number of hydrogen-bond acceptors (Lipinski definition) is 17. The highest BCUT2D eigenvalue weighted by Gasteiger charge is 2.31. The van der Waals surface area contributed by atoms with Gasteiger partial charge in [-0.05, 0) is 163 Å². The Bertz CT molecular complexity index is 4960. The molecule has 16 N–H and O–H groups in total.